The first-order chi connectivity index (χ1) is 11.2. The summed E-state index contributed by atoms with van der Waals surface area (Å²) >= 11 is 0. The lowest BCUT2D eigenvalue weighted by Crippen LogP contribution is -2.40. The van der Waals surface area contributed by atoms with Gasteiger partial charge < -0.3 is 14.7 Å². The Morgan fingerprint density at radius 1 is 1.30 bits per heavy atom. The molecule has 0 amide bonds. The molecule has 0 aliphatic carbocycles. The average molecular weight is 314 g/mol. The first kappa shape index (κ1) is 15.4. The lowest BCUT2D eigenvalue weighted by Gasteiger charge is -2.33. The molecule has 1 saturated heterocycles. The number of carboxylic acids is 1. The van der Waals surface area contributed by atoms with Crippen LogP contribution in [0.2, 0.25) is 0 Å². The van der Waals surface area contributed by atoms with Gasteiger partial charge in [-0.25, -0.2) is 14.8 Å². The smallest absolute Gasteiger partial charge is 0.356 e. The van der Waals surface area contributed by atoms with E-state index >= 15 is 0 Å². The van der Waals surface area contributed by atoms with E-state index in [4.69, 9.17) is 9.84 Å². The van der Waals surface area contributed by atoms with Crippen molar-refractivity contribution in [3.8, 4) is 0 Å². The van der Waals surface area contributed by atoms with Gasteiger partial charge in [-0.2, -0.15) is 0 Å². The Hall–Kier alpha value is -2.54. The number of carboxylic acid groups (broad SMARTS) is 1. The summed E-state index contributed by atoms with van der Waals surface area (Å²) in [6.07, 6.45) is 6.64. The van der Waals surface area contributed by atoms with Crippen molar-refractivity contribution in [1.29, 1.82) is 0 Å². The van der Waals surface area contributed by atoms with Crippen LogP contribution in [0.3, 0.4) is 0 Å². The Kier molecular flexibility index (Phi) is 4.77. The zero-order valence-corrected chi connectivity index (χ0v) is 12.6. The molecule has 3 rings (SSSR count). The number of piperidine rings is 1. The summed E-state index contributed by atoms with van der Waals surface area (Å²) in [4.78, 5) is 25.3. The number of aromatic nitrogens is 3. The van der Waals surface area contributed by atoms with E-state index < -0.39 is 5.97 Å². The summed E-state index contributed by atoms with van der Waals surface area (Å²) in [5.41, 5.74) is 0.865. The molecule has 0 bridgehead atoms. The van der Waals surface area contributed by atoms with Crippen molar-refractivity contribution < 1.29 is 14.6 Å². The van der Waals surface area contributed by atoms with Gasteiger partial charge in [-0.05, 0) is 25.0 Å². The molecule has 2 aromatic rings. The predicted molar refractivity (Wildman–Crippen MR) is 83.3 cm³/mol. The number of rotatable bonds is 5. The third kappa shape index (κ3) is 4.01. The zero-order chi connectivity index (χ0) is 16.1. The topological polar surface area (TPSA) is 88.4 Å². The second-order valence-electron chi connectivity index (χ2n) is 5.41. The second kappa shape index (κ2) is 7.15. The average Bonchev–Trinajstić information content (AvgIpc) is 2.61. The maximum Gasteiger partial charge on any atom is 0.356 e. The van der Waals surface area contributed by atoms with Crippen molar-refractivity contribution in [3.05, 3.63) is 48.2 Å². The lowest BCUT2D eigenvalue weighted by atomic mass is 10.1. The van der Waals surface area contributed by atoms with Crippen molar-refractivity contribution >= 4 is 11.8 Å². The van der Waals surface area contributed by atoms with E-state index in [1.807, 2.05) is 18.2 Å². The summed E-state index contributed by atoms with van der Waals surface area (Å²) in [5, 5.41) is 8.86. The Morgan fingerprint density at radius 2 is 2.22 bits per heavy atom. The van der Waals surface area contributed by atoms with Gasteiger partial charge in [-0.15, -0.1) is 0 Å². The molecular formula is C16H18N4O3. The molecule has 1 N–H and O–H groups in total. The molecular weight excluding hydrogens is 296 g/mol. The van der Waals surface area contributed by atoms with Crippen LogP contribution in [0.15, 0.2) is 36.8 Å². The van der Waals surface area contributed by atoms with Gasteiger partial charge in [0.05, 0.1) is 30.8 Å². The predicted octanol–water partition coefficient (Wildman–Crippen LogP) is 1.76. The highest BCUT2D eigenvalue weighted by atomic mass is 16.5. The van der Waals surface area contributed by atoms with Gasteiger partial charge >= 0.3 is 5.97 Å². The molecule has 7 nitrogen and oxygen atoms in total. The fourth-order valence-corrected chi connectivity index (χ4v) is 2.56. The SMILES string of the molecule is O=C(O)c1cnc(N2CCCC(OCc3ccccn3)C2)cn1. The van der Waals surface area contributed by atoms with Gasteiger partial charge in [0, 0.05) is 19.3 Å². The van der Waals surface area contributed by atoms with Crippen molar-refractivity contribution in [1.82, 2.24) is 15.0 Å². The maximum absolute atomic E-state index is 10.8. The molecule has 0 spiro atoms. The van der Waals surface area contributed by atoms with Gasteiger partial charge in [-0.1, -0.05) is 6.07 Å². The van der Waals surface area contributed by atoms with Crippen LogP contribution >= 0.6 is 0 Å². The van der Waals surface area contributed by atoms with Crippen LogP contribution in [0.1, 0.15) is 29.0 Å². The Balaban J connectivity index is 1.58. The van der Waals surface area contributed by atoms with E-state index in [-0.39, 0.29) is 11.8 Å². The number of aromatic carboxylic acids is 1. The van der Waals surface area contributed by atoms with Crippen molar-refractivity contribution in [3.63, 3.8) is 0 Å². The Bertz CT molecular complexity index is 648. The molecule has 0 radical (unpaired) electrons. The number of hydrogen-bond acceptors (Lipinski definition) is 6. The lowest BCUT2D eigenvalue weighted by molar-refractivity contribution is 0.0297. The number of pyridine rings is 1. The standard InChI is InChI=1S/C16H18N4O3/c21-16(22)14-8-19-15(9-18-14)20-7-3-5-13(10-20)23-11-12-4-1-2-6-17-12/h1-2,4,6,8-9,13H,3,5,7,10-11H2,(H,21,22). The molecule has 7 heteroatoms. The number of nitrogens with zero attached hydrogens (tertiary/aromatic N) is 4. The molecule has 1 aliphatic rings. The number of anilines is 1. The Morgan fingerprint density at radius 3 is 2.91 bits per heavy atom. The van der Waals surface area contributed by atoms with E-state index in [9.17, 15) is 4.79 Å². The van der Waals surface area contributed by atoms with Gasteiger partial charge in [0.25, 0.3) is 0 Å². The monoisotopic (exact) mass is 314 g/mol. The van der Waals surface area contributed by atoms with Crippen LogP contribution in [0.25, 0.3) is 0 Å². The summed E-state index contributed by atoms with van der Waals surface area (Å²) in [6.45, 7) is 2.07. The highest BCUT2D eigenvalue weighted by Gasteiger charge is 2.22. The molecule has 1 atom stereocenters. The molecule has 3 heterocycles. The fraction of sp³-hybridized carbons (Fsp3) is 0.375. The van der Waals surface area contributed by atoms with E-state index in [0.29, 0.717) is 19.0 Å². The van der Waals surface area contributed by atoms with Crippen molar-refractivity contribution in [2.24, 2.45) is 0 Å². The van der Waals surface area contributed by atoms with Crippen molar-refractivity contribution in [2.45, 2.75) is 25.6 Å². The minimum absolute atomic E-state index is 0.0475. The third-order valence-corrected chi connectivity index (χ3v) is 3.75. The van der Waals surface area contributed by atoms with Crippen LogP contribution in [-0.4, -0.2) is 45.2 Å². The molecule has 23 heavy (non-hydrogen) atoms. The first-order valence-electron chi connectivity index (χ1n) is 7.54. The zero-order valence-electron chi connectivity index (χ0n) is 12.6. The van der Waals surface area contributed by atoms with E-state index in [1.54, 1.807) is 6.20 Å². The highest BCUT2D eigenvalue weighted by molar-refractivity contribution is 5.84. The van der Waals surface area contributed by atoms with Gasteiger partial charge in [-0.3, -0.25) is 4.98 Å². The number of carbonyl (C=O) groups is 1. The van der Waals surface area contributed by atoms with Gasteiger partial charge in [0.2, 0.25) is 0 Å². The summed E-state index contributed by atoms with van der Waals surface area (Å²) < 4.78 is 5.94. The van der Waals surface area contributed by atoms with Crippen LogP contribution in [0.5, 0.6) is 0 Å². The Labute approximate surface area is 134 Å². The third-order valence-electron chi connectivity index (χ3n) is 3.75. The molecule has 1 unspecified atom stereocenters. The van der Waals surface area contributed by atoms with E-state index in [1.165, 1.54) is 12.4 Å². The molecule has 0 aromatic carbocycles. The van der Waals surface area contributed by atoms with Crippen LogP contribution in [-0.2, 0) is 11.3 Å². The maximum atomic E-state index is 10.8. The van der Waals surface area contributed by atoms with Gasteiger partial charge in [0.15, 0.2) is 5.69 Å². The normalized spacial score (nSPS) is 17.9. The molecule has 120 valence electrons. The van der Waals surface area contributed by atoms with Crippen LogP contribution in [0, 0.1) is 0 Å². The summed E-state index contributed by atoms with van der Waals surface area (Å²) in [5.74, 6) is -0.389. The molecule has 1 fully saturated rings. The molecule has 1 aliphatic heterocycles. The molecule has 0 saturated carbocycles. The minimum Gasteiger partial charge on any atom is -0.476 e. The highest BCUT2D eigenvalue weighted by Crippen LogP contribution is 2.19. The first-order valence-corrected chi connectivity index (χ1v) is 7.54. The van der Waals surface area contributed by atoms with Crippen molar-refractivity contribution in [2.75, 3.05) is 18.0 Å². The number of ether oxygens (including phenoxy) is 1. The minimum atomic E-state index is -1.07. The summed E-state index contributed by atoms with van der Waals surface area (Å²) in [7, 11) is 0. The summed E-state index contributed by atoms with van der Waals surface area (Å²) in [6, 6.07) is 5.76. The van der Waals surface area contributed by atoms with Crippen LogP contribution < -0.4 is 4.90 Å². The molecule has 2 aromatic heterocycles. The van der Waals surface area contributed by atoms with Gasteiger partial charge in [0.1, 0.15) is 5.82 Å². The second-order valence-corrected chi connectivity index (χ2v) is 5.41. The quantitative estimate of drug-likeness (QED) is 0.899. The van der Waals surface area contributed by atoms with E-state index in [2.05, 4.69) is 19.9 Å². The van der Waals surface area contributed by atoms with E-state index in [0.717, 1.165) is 25.1 Å². The largest absolute Gasteiger partial charge is 0.476 e. The van der Waals surface area contributed by atoms with Crippen LogP contribution in [0.4, 0.5) is 5.82 Å². The number of hydrogen-bond donors (Lipinski definition) is 1. The fourth-order valence-electron chi connectivity index (χ4n) is 2.56.